The number of carbonyl (C=O) groups excluding carboxylic acids is 1. The van der Waals surface area contributed by atoms with Gasteiger partial charge in [-0.2, -0.15) is 0 Å². The van der Waals surface area contributed by atoms with E-state index in [4.69, 9.17) is 23.2 Å². The summed E-state index contributed by atoms with van der Waals surface area (Å²) in [6.45, 7) is 1.34. The number of H-pyrrole nitrogens is 1. The monoisotopic (exact) mass is 430 g/mol. The molecule has 1 saturated carbocycles. The molecule has 0 bridgehead atoms. The summed E-state index contributed by atoms with van der Waals surface area (Å²) >= 11 is 12.3. The molecule has 1 aliphatic carbocycles. The quantitative estimate of drug-likeness (QED) is 0.645. The number of benzene rings is 1. The van der Waals surface area contributed by atoms with Crippen LogP contribution in [0.5, 0.6) is 0 Å². The van der Waals surface area contributed by atoms with Crippen LogP contribution >= 0.6 is 23.2 Å². The van der Waals surface area contributed by atoms with Crippen molar-refractivity contribution in [2.24, 2.45) is 5.41 Å². The highest BCUT2D eigenvalue weighted by molar-refractivity contribution is 6.43. The molecule has 2 N–H and O–H groups in total. The van der Waals surface area contributed by atoms with Crippen LogP contribution in [0.4, 0.5) is 16.3 Å². The summed E-state index contributed by atoms with van der Waals surface area (Å²) in [5.74, 6) is 0.882. The number of anilines is 2. The van der Waals surface area contributed by atoms with Crippen LogP contribution in [-0.2, 0) is 0 Å². The second kappa shape index (κ2) is 6.78. The zero-order valence-corrected chi connectivity index (χ0v) is 17.3. The Balaban J connectivity index is 1.37. The Morgan fingerprint density at radius 2 is 2.14 bits per heavy atom. The number of hydrogen-bond donors (Lipinski definition) is 2. The first kappa shape index (κ1) is 18.5. The smallest absolute Gasteiger partial charge is 0.321 e. The van der Waals surface area contributed by atoms with Gasteiger partial charge in [-0.3, -0.25) is 0 Å². The maximum atomic E-state index is 12.9. The number of carbonyl (C=O) groups is 1. The molecule has 1 aliphatic heterocycles. The van der Waals surface area contributed by atoms with Gasteiger partial charge in [-0.05, 0) is 31.0 Å². The van der Waals surface area contributed by atoms with Gasteiger partial charge in [-0.25, -0.2) is 14.8 Å². The van der Waals surface area contributed by atoms with Gasteiger partial charge in [0.1, 0.15) is 17.8 Å². The number of hydrogen-bond acceptors (Lipinski definition) is 4. The fraction of sp³-hybridized carbons (Fsp3) is 0.350. The molecule has 9 heteroatoms. The topological polar surface area (TPSA) is 77.2 Å². The fourth-order valence-corrected chi connectivity index (χ4v) is 4.72. The number of fused-ring (bicyclic) bond motifs is 1. The van der Waals surface area contributed by atoms with Gasteiger partial charge in [-0.15, -0.1) is 0 Å². The lowest BCUT2D eigenvalue weighted by molar-refractivity contribution is 0.220. The molecule has 1 spiro atoms. The van der Waals surface area contributed by atoms with Gasteiger partial charge in [0.2, 0.25) is 0 Å². The highest BCUT2D eigenvalue weighted by atomic mass is 35.5. The maximum Gasteiger partial charge on any atom is 0.321 e. The van der Waals surface area contributed by atoms with E-state index in [1.807, 2.05) is 17.2 Å². The number of likely N-dealkylation sites (N-methyl/N-ethyl adjacent to an activating group) is 1. The average Bonchev–Trinajstić information content (AvgIpc) is 3.14. The number of nitrogens with zero attached hydrogens (tertiary/aromatic N) is 4. The Morgan fingerprint density at radius 3 is 2.93 bits per heavy atom. The molecule has 2 fully saturated rings. The van der Waals surface area contributed by atoms with E-state index < -0.39 is 0 Å². The number of urea groups is 1. The average molecular weight is 431 g/mol. The lowest BCUT2D eigenvalue weighted by Crippen LogP contribution is -2.40. The number of aromatic nitrogens is 3. The number of nitrogens with one attached hydrogen (secondary N) is 2. The van der Waals surface area contributed by atoms with E-state index in [0.29, 0.717) is 28.8 Å². The van der Waals surface area contributed by atoms with Gasteiger partial charge in [0, 0.05) is 31.7 Å². The lowest BCUT2D eigenvalue weighted by Gasteiger charge is -2.30. The van der Waals surface area contributed by atoms with E-state index in [2.05, 4.69) is 32.2 Å². The van der Waals surface area contributed by atoms with E-state index >= 15 is 0 Å². The summed E-state index contributed by atoms with van der Waals surface area (Å²) in [6.07, 6.45) is 5.65. The van der Waals surface area contributed by atoms with Crippen molar-refractivity contribution in [2.45, 2.75) is 18.9 Å². The molecule has 3 heterocycles. The Morgan fingerprint density at radius 1 is 1.31 bits per heavy atom. The summed E-state index contributed by atoms with van der Waals surface area (Å²) < 4.78 is 0. The van der Waals surface area contributed by atoms with Gasteiger partial charge in [0.15, 0.2) is 0 Å². The second-order valence-electron chi connectivity index (χ2n) is 7.84. The third kappa shape index (κ3) is 3.09. The summed E-state index contributed by atoms with van der Waals surface area (Å²) in [7, 11) is 2.05. The highest BCUT2D eigenvalue weighted by Crippen LogP contribution is 2.55. The minimum absolute atomic E-state index is 0.109. The van der Waals surface area contributed by atoms with E-state index in [9.17, 15) is 4.79 Å². The Labute approximate surface area is 178 Å². The molecule has 1 saturated heterocycles. The van der Waals surface area contributed by atoms with E-state index in [-0.39, 0.29) is 17.5 Å². The molecule has 0 unspecified atom stereocenters. The summed E-state index contributed by atoms with van der Waals surface area (Å²) in [6, 6.07) is 7.23. The minimum atomic E-state index is -0.161. The first-order valence-corrected chi connectivity index (χ1v) is 10.2. The first-order valence-electron chi connectivity index (χ1n) is 9.49. The van der Waals surface area contributed by atoms with Gasteiger partial charge >= 0.3 is 6.03 Å². The van der Waals surface area contributed by atoms with Crippen LogP contribution in [0.1, 0.15) is 12.8 Å². The molecular weight excluding hydrogens is 411 g/mol. The highest BCUT2D eigenvalue weighted by Gasteiger charge is 2.57. The molecule has 7 nitrogen and oxygen atoms in total. The zero-order chi connectivity index (χ0) is 20.2. The lowest BCUT2D eigenvalue weighted by atomic mass is 9.99. The van der Waals surface area contributed by atoms with Crippen molar-refractivity contribution < 1.29 is 4.79 Å². The molecule has 150 valence electrons. The minimum Gasteiger partial charge on any atom is -0.354 e. The summed E-state index contributed by atoms with van der Waals surface area (Å²) in [5.41, 5.74) is 1.45. The SMILES string of the molecule is CN(c1ncnc2[nH]ccc12)[C@H]1CN(C(=O)Nc2cccc(Cl)c2Cl)CC12CC2. The van der Waals surface area contributed by atoms with E-state index in [1.165, 1.54) is 0 Å². The number of aromatic amines is 1. The van der Waals surface area contributed by atoms with Crippen molar-refractivity contribution in [1.29, 1.82) is 0 Å². The van der Waals surface area contributed by atoms with E-state index in [1.54, 1.807) is 24.5 Å². The van der Waals surface area contributed by atoms with Gasteiger partial charge in [0.25, 0.3) is 0 Å². The number of halogens is 2. The largest absolute Gasteiger partial charge is 0.354 e. The van der Waals surface area contributed by atoms with Crippen LogP contribution in [0.2, 0.25) is 10.0 Å². The molecule has 2 aliphatic rings. The maximum absolute atomic E-state index is 12.9. The van der Waals surface area contributed by atoms with Gasteiger partial charge in [0.05, 0.1) is 27.2 Å². The number of amides is 2. The van der Waals surface area contributed by atoms with Crippen LogP contribution in [0.25, 0.3) is 11.0 Å². The molecule has 3 aromatic rings. The molecule has 2 amide bonds. The van der Waals surface area contributed by atoms with Crippen LogP contribution in [0.3, 0.4) is 0 Å². The van der Waals surface area contributed by atoms with Crippen LogP contribution in [0, 0.1) is 5.41 Å². The van der Waals surface area contributed by atoms with Crippen LogP contribution in [0.15, 0.2) is 36.8 Å². The molecule has 29 heavy (non-hydrogen) atoms. The molecule has 1 aromatic carbocycles. The predicted octanol–water partition coefficient (Wildman–Crippen LogP) is 4.40. The number of rotatable bonds is 3. The van der Waals surface area contributed by atoms with Crippen molar-refractivity contribution in [3.8, 4) is 0 Å². The summed E-state index contributed by atoms with van der Waals surface area (Å²) in [4.78, 5) is 28.9. The number of likely N-dealkylation sites (tertiary alicyclic amines) is 1. The Bertz CT molecular complexity index is 1100. The molecular formula is C20H20Cl2N6O. The molecule has 2 aromatic heterocycles. The van der Waals surface area contributed by atoms with Crippen molar-refractivity contribution in [2.75, 3.05) is 30.4 Å². The molecule has 5 rings (SSSR count). The van der Waals surface area contributed by atoms with Gasteiger partial charge in [-0.1, -0.05) is 29.3 Å². The third-order valence-corrected chi connectivity index (χ3v) is 6.93. The van der Waals surface area contributed by atoms with Crippen molar-refractivity contribution >= 4 is 51.8 Å². The summed E-state index contributed by atoms with van der Waals surface area (Å²) in [5, 5.41) is 4.66. The van der Waals surface area contributed by atoms with Crippen molar-refractivity contribution in [3.63, 3.8) is 0 Å². The van der Waals surface area contributed by atoms with Crippen molar-refractivity contribution in [1.82, 2.24) is 19.9 Å². The third-order valence-electron chi connectivity index (χ3n) is 6.11. The fourth-order valence-electron chi connectivity index (χ4n) is 4.37. The van der Waals surface area contributed by atoms with Gasteiger partial charge < -0.3 is 20.1 Å². The Kier molecular flexibility index (Phi) is 4.33. The van der Waals surface area contributed by atoms with Crippen molar-refractivity contribution in [3.05, 3.63) is 46.8 Å². The predicted molar refractivity (Wildman–Crippen MR) is 115 cm³/mol. The Hall–Kier alpha value is -2.51. The zero-order valence-electron chi connectivity index (χ0n) is 15.8. The normalized spacial score (nSPS) is 19.7. The van der Waals surface area contributed by atoms with Crippen LogP contribution in [-0.4, -0.2) is 52.1 Å². The molecule has 1 atom stereocenters. The van der Waals surface area contributed by atoms with Crippen LogP contribution < -0.4 is 10.2 Å². The van der Waals surface area contributed by atoms with E-state index in [0.717, 1.165) is 29.7 Å². The second-order valence-corrected chi connectivity index (χ2v) is 8.62. The standard InChI is InChI=1S/C20H20Cl2N6O/c1-27(18-12-5-8-23-17(12)24-11-25-18)15-9-28(10-20(15)6-7-20)19(29)26-14-4-2-3-13(21)16(14)22/h2-5,8,11,15H,6-7,9-10H2,1H3,(H,26,29)(H,23,24,25)/t15-/m0/s1. The molecule has 0 radical (unpaired) electrons. The first-order chi connectivity index (χ1) is 14.0.